The number of nitro benzene ring substituents is 1. The predicted octanol–water partition coefficient (Wildman–Crippen LogP) is 2.53. The highest BCUT2D eigenvalue weighted by Gasteiger charge is 2.19. The van der Waals surface area contributed by atoms with Gasteiger partial charge >= 0.3 is 5.69 Å². The Bertz CT molecular complexity index is 842. The van der Waals surface area contributed by atoms with Crippen LogP contribution in [0.4, 0.5) is 17.1 Å². The van der Waals surface area contributed by atoms with Crippen molar-refractivity contribution >= 4 is 34.4 Å². The lowest BCUT2D eigenvalue weighted by atomic mass is 10.1. The van der Waals surface area contributed by atoms with E-state index in [4.69, 9.17) is 0 Å². The number of nitro groups is 1. The summed E-state index contributed by atoms with van der Waals surface area (Å²) in [7, 11) is 0. The minimum Gasteiger partial charge on any atom is -0.354 e. The molecule has 8 nitrogen and oxygen atoms in total. The van der Waals surface area contributed by atoms with Gasteiger partial charge in [-0.1, -0.05) is 12.1 Å². The fraction of sp³-hybridized carbons (Fsp3) is 0.0714. The number of anilines is 2. The minimum atomic E-state index is -0.541. The maximum Gasteiger partial charge on any atom is 0.300 e. The van der Waals surface area contributed by atoms with Crippen molar-refractivity contribution in [3.8, 4) is 0 Å². The first-order chi connectivity index (χ1) is 10.7. The summed E-state index contributed by atoms with van der Waals surface area (Å²) in [6.07, 6.45) is 2.06. The van der Waals surface area contributed by atoms with Gasteiger partial charge in [-0.3, -0.25) is 14.9 Å². The zero-order chi connectivity index (χ0) is 15.5. The number of fused-ring (bicyclic) bond motifs is 1. The molecule has 0 aliphatic rings. The summed E-state index contributed by atoms with van der Waals surface area (Å²) in [5, 5.41) is 21.3. The van der Waals surface area contributed by atoms with Gasteiger partial charge < -0.3 is 5.32 Å². The number of benzene rings is 2. The van der Waals surface area contributed by atoms with Crippen LogP contribution < -0.4 is 5.32 Å². The summed E-state index contributed by atoms with van der Waals surface area (Å²) in [4.78, 5) is 20.7. The molecule has 109 valence electrons. The maximum absolute atomic E-state index is 10.9. The molecule has 3 aromatic rings. The average molecular weight is 297 g/mol. The zero-order valence-electron chi connectivity index (χ0n) is 11.1. The van der Waals surface area contributed by atoms with Crippen molar-refractivity contribution in [2.45, 2.75) is 6.42 Å². The van der Waals surface area contributed by atoms with Gasteiger partial charge in [0.05, 0.1) is 10.6 Å². The summed E-state index contributed by atoms with van der Waals surface area (Å²) >= 11 is 0. The molecule has 22 heavy (non-hydrogen) atoms. The Labute approximate surface area is 123 Å². The molecule has 0 bridgehead atoms. The molecule has 0 saturated heterocycles. The van der Waals surface area contributed by atoms with Gasteiger partial charge in [-0.2, -0.15) is 0 Å². The summed E-state index contributed by atoms with van der Waals surface area (Å²) in [5.41, 5.74) is 2.32. The molecule has 2 aromatic carbocycles. The van der Waals surface area contributed by atoms with Crippen molar-refractivity contribution in [1.82, 2.24) is 10.3 Å². The summed E-state index contributed by atoms with van der Waals surface area (Å²) < 4.78 is 4.60. The van der Waals surface area contributed by atoms with Crippen molar-refractivity contribution in [3.05, 3.63) is 52.1 Å². The van der Waals surface area contributed by atoms with Crippen LogP contribution in [-0.2, 0) is 11.2 Å². The van der Waals surface area contributed by atoms with E-state index in [1.165, 1.54) is 12.1 Å². The van der Waals surface area contributed by atoms with Crippen molar-refractivity contribution in [3.63, 3.8) is 0 Å². The summed E-state index contributed by atoms with van der Waals surface area (Å²) in [5.74, 6) is 0. The van der Waals surface area contributed by atoms with E-state index in [1.54, 1.807) is 24.3 Å². The predicted molar refractivity (Wildman–Crippen MR) is 77.6 cm³/mol. The van der Waals surface area contributed by atoms with Crippen LogP contribution in [0, 0.1) is 10.1 Å². The van der Waals surface area contributed by atoms with Crippen LogP contribution in [0.5, 0.6) is 0 Å². The highest BCUT2D eigenvalue weighted by molar-refractivity contribution is 5.94. The monoisotopic (exact) mass is 297 g/mol. The largest absolute Gasteiger partial charge is 0.354 e. The molecular formula is C14H9N4O4. The number of non-ortho nitro benzene ring substituents is 1. The second-order valence-corrected chi connectivity index (χ2v) is 4.49. The molecule has 0 aliphatic carbocycles. The number of nitrogens with one attached hydrogen (secondary N) is 1. The number of hydrogen-bond acceptors (Lipinski definition) is 7. The third-order valence-electron chi connectivity index (χ3n) is 3.10. The van der Waals surface area contributed by atoms with Crippen molar-refractivity contribution in [2.75, 3.05) is 5.32 Å². The SMILES string of the molecule is O=[C]Cc1ccc(Nc2ccc([N+](=O)[O-])c3nonc23)cc1. The maximum atomic E-state index is 10.9. The van der Waals surface area contributed by atoms with Crippen LogP contribution in [-0.4, -0.2) is 21.5 Å². The Kier molecular flexibility index (Phi) is 3.48. The first kappa shape index (κ1) is 13.7. The lowest BCUT2D eigenvalue weighted by Gasteiger charge is -2.07. The molecule has 1 radical (unpaired) electrons. The standard InChI is InChI=1S/C14H9N4O4/c19-8-7-9-1-3-10(4-2-9)15-11-5-6-12(18(20)21)14-13(11)16-22-17-14/h1-6,15H,7H2. The molecule has 1 N–H and O–H groups in total. The molecule has 0 fully saturated rings. The summed E-state index contributed by atoms with van der Waals surface area (Å²) in [6, 6.07) is 10.0. The summed E-state index contributed by atoms with van der Waals surface area (Å²) in [6.45, 7) is 0. The normalized spacial score (nSPS) is 10.5. The Balaban J connectivity index is 1.94. The van der Waals surface area contributed by atoms with E-state index in [1.807, 2.05) is 6.29 Å². The van der Waals surface area contributed by atoms with Crippen LogP contribution in [0.1, 0.15) is 5.56 Å². The van der Waals surface area contributed by atoms with Crippen LogP contribution in [0.3, 0.4) is 0 Å². The van der Waals surface area contributed by atoms with E-state index in [0.29, 0.717) is 5.69 Å². The fourth-order valence-corrected chi connectivity index (χ4v) is 2.05. The smallest absolute Gasteiger partial charge is 0.300 e. The number of aromatic nitrogens is 2. The average Bonchev–Trinajstić information content (AvgIpc) is 2.99. The van der Waals surface area contributed by atoms with E-state index in [-0.39, 0.29) is 23.1 Å². The second-order valence-electron chi connectivity index (χ2n) is 4.49. The molecule has 0 unspecified atom stereocenters. The Morgan fingerprint density at radius 1 is 1.14 bits per heavy atom. The molecule has 0 atom stereocenters. The number of carbonyl (C=O) groups excluding carboxylic acids is 1. The van der Waals surface area contributed by atoms with Gasteiger partial charge in [0.15, 0.2) is 5.52 Å². The highest BCUT2D eigenvalue weighted by atomic mass is 16.6. The van der Waals surface area contributed by atoms with Gasteiger partial charge in [-0.05, 0) is 34.1 Å². The van der Waals surface area contributed by atoms with Crippen LogP contribution >= 0.6 is 0 Å². The lowest BCUT2D eigenvalue weighted by Crippen LogP contribution is -1.95. The lowest BCUT2D eigenvalue weighted by molar-refractivity contribution is -0.383. The van der Waals surface area contributed by atoms with Crippen LogP contribution in [0.15, 0.2) is 41.0 Å². The van der Waals surface area contributed by atoms with E-state index < -0.39 is 4.92 Å². The molecule has 0 aliphatic heterocycles. The molecule has 1 heterocycles. The number of hydrogen-bond donors (Lipinski definition) is 1. The van der Waals surface area contributed by atoms with E-state index in [0.717, 1.165) is 11.3 Å². The van der Waals surface area contributed by atoms with Gasteiger partial charge in [0.25, 0.3) is 0 Å². The van der Waals surface area contributed by atoms with Crippen LogP contribution in [0.25, 0.3) is 11.0 Å². The van der Waals surface area contributed by atoms with E-state index in [9.17, 15) is 14.9 Å². The highest BCUT2D eigenvalue weighted by Crippen LogP contribution is 2.30. The van der Waals surface area contributed by atoms with Gasteiger partial charge in [-0.25, -0.2) is 4.63 Å². The Morgan fingerprint density at radius 3 is 2.55 bits per heavy atom. The third kappa shape index (κ3) is 2.49. The van der Waals surface area contributed by atoms with Gasteiger partial charge in [0.1, 0.15) is 0 Å². The molecule has 0 amide bonds. The van der Waals surface area contributed by atoms with E-state index >= 15 is 0 Å². The van der Waals surface area contributed by atoms with E-state index in [2.05, 4.69) is 20.3 Å². The topological polar surface area (TPSA) is 111 Å². The van der Waals surface area contributed by atoms with Crippen molar-refractivity contribution in [2.24, 2.45) is 0 Å². The molecule has 0 saturated carbocycles. The minimum absolute atomic E-state index is 0.0853. The quantitative estimate of drug-likeness (QED) is 0.568. The Hall–Kier alpha value is -3.29. The fourth-order valence-electron chi connectivity index (χ4n) is 2.05. The molecule has 0 spiro atoms. The van der Waals surface area contributed by atoms with Crippen molar-refractivity contribution in [1.29, 1.82) is 0 Å². The first-order valence-electron chi connectivity index (χ1n) is 6.29. The van der Waals surface area contributed by atoms with Gasteiger partial charge in [0.2, 0.25) is 11.8 Å². The molecule has 3 rings (SSSR count). The first-order valence-corrected chi connectivity index (χ1v) is 6.29. The van der Waals surface area contributed by atoms with Crippen molar-refractivity contribution < 1.29 is 14.3 Å². The zero-order valence-corrected chi connectivity index (χ0v) is 11.1. The molecular weight excluding hydrogens is 288 g/mol. The number of nitrogens with zero attached hydrogens (tertiary/aromatic N) is 3. The third-order valence-corrected chi connectivity index (χ3v) is 3.10. The van der Waals surface area contributed by atoms with Gasteiger partial charge in [-0.15, -0.1) is 0 Å². The Morgan fingerprint density at radius 2 is 1.86 bits per heavy atom. The molecule has 1 aromatic heterocycles. The second kappa shape index (κ2) is 5.60. The number of rotatable bonds is 5. The van der Waals surface area contributed by atoms with Crippen LogP contribution in [0.2, 0.25) is 0 Å². The molecule has 8 heteroatoms. The van der Waals surface area contributed by atoms with Gasteiger partial charge in [0, 0.05) is 18.2 Å².